The molecule has 3 atom stereocenters. The van der Waals surface area contributed by atoms with Gasteiger partial charge in [0.1, 0.15) is 12.6 Å². The minimum Gasteiger partial charge on any atom is -0.481 e. The standard InChI is InChI=1S/C28H34N2O5/c1-28(2,3)24(25(31)29-23-15-9-8-14-21(23)26(32)33)30-27(34)35-16-22-19-12-6-4-10-17(19)18-11-5-7-13-20(18)22/h4-7,10-13,21-24H,8-9,14-16H2,1-3H3,(H,29,31)(H,30,34)(H,32,33)/t21-,23+,24-/m1/s1. The van der Waals surface area contributed by atoms with E-state index in [0.717, 1.165) is 35.1 Å². The van der Waals surface area contributed by atoms with Crippen LogP contribution in [-0.4, -0.2) is 41.8 Å². The molecule has 2 amide bonds. The lowest BCUT2D eigenvalue weighted by molar-refractivity contribution is -0.144. The summed E-state index contributed by atoms with van der Waals surface area (Å²) in [7, 11) is 0. The molecule has 2 aromatic rings. The third-order valence-electron chi connectivity index (χ3n) is 7.14. The monoisotopic (exact) mass is 478 g/mol. The number of ether oxygens (including phenoxy) is 1. The molecule has 7 heteroatoms. The van der Waals surface area contributed by atoms with E-state index in [-0.39, 0.29) is 18.4 Å². The smallest absolute Gasteiger partial charge is 0.407 e. The van der Waals surface area contributed by atoms with E-state index >= 15 is 0 Å². The van der Waals surface area contributed by atoms with Crippen molar-refractivity contribution in [3.63, 3.8) is 0 Å². The molecular formula is C28H34N2O5. The third kappa shape index (κ3) is 5.34. The van der Waals surface area contributed by atoms with Gasteiger partial charge in [-0.05, 0) is 40.5 Å². The lowest BCUT2D eigenvalue weighted by Gasteiger charge is -2.34. The predicted octanol–water partition coefficient (Wildman–Crippen LogP) is 4.70. The van der Waals surface area contributed by atoms with E-state index in [4.69, 9.17) is 4.74 Å². The summed E-state index contributed by atoms with van der Waals surface area (Å²) in [4.78, 5) is 37.7. The van der Waals surface area contributed by atoms with Crippen LogP contribution in [0.5, 0.6) is 0 Å². The number of hydrogen-bond donors (Lipinski definition) is 3. The molecule has 0 aliphatic heterocycles. The van der Waals surface area contributed by atoms with Crippen molar-refractivity contribution in [2.45, 2.75) is 64.5 Å². The number of benzene rings is 2. The Bertz CT molecular complexity index is 1060. The van der Waals surface area contributed by atoms with Crippen molar-refractivity contribution < 1.29 is 24.2 Å². The highest BCUT2D eigenvalue weighted by Gasteiger charge is 2.38. The fraction of sp³-hybridized carbons (Fsp3) is 0.464. The van der Waals surface area contributed by atoms with Crippen molar-refractivity contribution >= 4 is 18.0 Å². The first-order valence-corrected chi connectivity index (χ1v) is 12.3. The maximum atomic E-state index is 13.2. The Hall–Kier alpha value is -3.35. The van der Waals surface area contributed by atoms with E-state index in [1.165, 1.54) is 0 Å². The molecule has 0 saturated heterocycles. The average Bonchev–Trinajstić information content (AvgIpc) is 3.14. The molecule has 0 bridgehead atoms. The van der Waals surface area contributed by atoms with Gasteiger partial charge in [-0.3, -0.25) is 9.59 Å². The first kappa shape index (κ1) is 24.8. The third-order valence-corrected chi connectivity index (χ3v) is 7.14. The maximum absolute atomic E-state index is 13.2. The van der Waals surface area contributed by atoms with E-state index in [1.807, 2.05) is 45.0 Å². The molecule has 0 unspecified atom stereocenters. The Morgan fingerprint density at radius 3 is 2.11 bits per heavy atom. The van der Waals surface area contributed by atoms with Crippen LogP contribution >= 0.6 is 0 Å². The summed E-state index contributed by atoms with van der Waals surface area (Å²) in [6.07, 6.45) is 2.20. The van der Waals surface area contributed by atoms with Gasteiger partial charge in [0.25, 0.3) is 0 Å². The number of carbonyl (C=O) groups excluding carboxylic acids is 2. The van der Waals surface area contributed by atoms with Gasteiger partial charge in [-0.1, -0.05) is 82.1 Å². The van der Waals surface area contributed by atoms with Crippen LogP contribution in [0.1, 0.15) is 63.5 Å². The number of rotatable bonds is 6. The number of carboxylic acids is 1. The SMILES string of the molecule is CC(C)(C)[C@H](NC(=O)OCC1c2ccccc2-c2ccccc21)C(=O)N[C@H]1CCCC[C@H]1C(=O)O. The molecule has 1 fully saturated rings. The van der Waals surface area contributed by atoms with Gasteiger partial charge in [0.2, 0.25) is 5.91 Å². The van der Waals surface area contributed by atoms with Crippen LogP contribution in [-0.2, 0) is 14.3 Å². The molecule has 2 aliphatic rings. The minimum atomic E-state index is -0.896. The topological polar surface area (TPSA) is 105 Å². The Balaban J connectivity index is 1.42. The van der Waals surface area contributed by atoms with Crippen molar-refractivity contribution in [3.05, 3.63) is 59.7 Å². The lowest BCUT2D eigenvalue weighted by Crippen LogP contribution is -2.57. The second-order valence-corrected chi connectivity index (χ2v) is 10.6. The van der Waals surface area contributed by atoms with Crippen LogP contribution in [0, 0.1) is 11.3 Å². The van der Waals surface area contributed by atoms with E-state index < -0.39 is 35.5 Å². The van der Waals surface area contributed by atoms with Crippen LogP contribution in [0.2, 0.25) is 0 Å². The largest absolute Gasteiger partial charge is 0.481 e. The second kappa shape index (κ2) is 10.1. The average molecular weight is 479 g/mol. The van der Waals surface area contributed by atoms with E-state index in [0.29, 0.717) is 12.8 Å². The van der Waals surface area contributed by atoms with E-state index in [1.54, 1.807) is 0 Å². The van der Waals surface area contributed by atoms with Crippen molar-refractivity contribution in [2.75, 3.05) is 6.61 Å². The van der Waals surface area contributed by atoms with Crippen molar-refractivity contribution in [3.8, 4) is 11.1 Å². The summed E-state index contributed by atoms with van der Waals surface area (Å²) in [6.45, 7) is 5.73. The van der Waals surface area contributed by atoms with Gasteiger partial charge in [0, 0.05) is 12.0 Å². The Morgan fingerprint density at radius 2 is 1.54 bits per heavy atom. The zero-order valence-corrected chi connectivity index (χ0v) is 20.5. The molecule has 0 radical (unpaired) electrons. The molecule has 1 saturated carbocycles. The van der Waals surface area contributed by atoms with Gasteiger partial charge in [0.15, 0.2) is 0 Å². The number of nitrogens with one attached hydrogen (secondary N) is 2. The first-order chi connectivity index (χ1) is 16.7. The van der Waals surface area contributed by atoms with Gasteiger partial charge in [-0.25, -0.2) is 4.79 Å². The maximum Gasteiger partial charge on any atom is 0.407 e. The van der Waals surface area contributed by atoms with Gasteiger partial charge in [-0.2, -0.15) is 0 Å². The molecule has 0 spiro atoms. The Kier molecular flexibility index (Phi) is 7.15. The molecule has 7 nitrogen and oxygen atoms in total. The van der Waals surface area contributed by atoms with E-state index in [9.17, 15) is 19.5 Å². The zero-order chi connectivity index (χ0) is 25.2. The first-order valence-electron chi connectivity index (χ1n) is 12.3. The summed E-state index contributed by atoms with van der Waals surface area (Å²) in [5.41, 5.74) is 3.92. The van der Waals surface area contributed by atoms with Crippen LogP contribution in [0.4, 0.5) is 4.79 Å². The quantitative estimate of drug-likeness (QED) is 0.558. The molecule has 2 aromatic carbocycles. The number of alkyl carbamates (subject to hydrolysis) is 1. The molecule has 35 heavy (non-hydrogen) atoms. The number of aliphatic carboxylic acids is 1. The summed E-state index contributed by atoms with van der Waals surface area (Å²) in [6, 6.07) is 14.9. The van der Waals surface area contributed by atoms with Gasteiger partial charge in [0.05, 0.1) is 5.92 Å². The molecule has 3 N–H and O–H groups in total. The number of carboxylic acid groups (broad SMARTS) is 1. The van der Waals surface area contributed by atoms with Crippen LogP contribution in [0.3, 0.4) is 0 Å². The molecule has 4 rings (SSSR count). The summed E-state index contributed by atoms with van der Waals surface area (Å²) in [5, 5.41) is 15.2. The van der Waals surface area contributed by atoms with Crippen molar-refractivity contribution in [1.82, 2.24) is 10.6 Å². The summed E-state index contributed by atoms with van der Waals surface area (Å²) in [5.74, 6) is -1.97. The number of hydrogen-bond acceptors (Lipinski definition) is 4. The summed E-state index contributed by atoms with van der Waals surface area (Å²) < 4.78 is 5.64. The Labute approximate surface area is 206 Å². The number of amides is 2. The molecule has 0 heterocycles. The Morgan fingerprint density at radius 1 is 0.971 bits per heavy atom. The van der Waals surface area contributed by atoms with Crippen LogP contribution < -0.4 is 10.6 Å². The number of fused-ring (bicyclic) bond motifs is 3. The highest BCUT2D eigenvalue weighted by molar-refractivity contribution is 5.87. The van der Waals surface area contributed by atoms with Gasteiger partial charge < -0.3 is 20.5 Å². The molecular weight excluding hydrogens is 444 g/mol. The zero-order valence-electron chi connectivity index (χ0n) is 20.5. The van der Waals surface area contributed by atoms with Crippen molar-refractivity contribution in [2.24, 2.45) is 11.3 Å². The minimum absolute atomic E-state index is 0.0753. The highest BCUT2D eigenvalue weighted by Crippen LogP contribution is 2.44. The fourth-order valence-electron chi connectivity index (χ4n) is 5.30. The fourth-order valence-corrected chi connectivity index (χ4v) is 5.30. The second-order valence-electron chi connectivity index (χ2n) is 10.6. The predicted molar refractivity (Wildman–Crippen MR) is 133 cm³/mol. The van der Waals surface area contributed by atoms with E-state index in [2.05, 4.69) is 34.9 Å². The van der Waals surface area contributed by atoms with Crippen LogP contribution in [0.25, 0.3) is 11.1 Å². The number of carbonyl (C=O) groups is 3. The van der Waals surface area contributed by atoms with Crippen molar-refractivity contribution in [1.29, 1.82) is 0 Å². The highest BCUT2D eigenvalue weighted by atomic mass is 16.5. The molecule has 0 aromatic heterocycles. The molecule has 186 valence electrons. The lowest BCUT2D eigenvalue weighted by atomic mass is 9.82. The van der Waals surface area contributed by atoms with Gasteiger partial charge in [-0.15, -0.1) is 0 Å². The van der Waals surface area contributed by atoms with Gasteiger partial charge >= 0.3 is 12.1 Å². The van der Waals surface area contributed by atoms with Crippen LogP contribution in [0.15, 0.2) is 48.5 Å². The normalized spacial score (nSPS) is 20.3. The summed E-state index contributed by atoms with van der Waals surface area (Å²) >= 11 is 0. The molecule has 2 aliphatic carbocycles.